The van der Waals surface area contributed by atoms with E-state index in [0.717, 1.165) is 26.2 Å². The summed E-state index contributed by atoms with van der Waals surface area (Å²) in [6.07, 6.45) is 6.56. The Kier molecular flexibility index (Phi) is 7.42. The molecule has 1 saturated carbocycles. The Morgan fingerprint density at radius 3 is 2.59 bits per heavy atom. The van der Waals surface area contributed by atoms with Crippen LogP contribution in [0.4, 0.5) is 9.18 Å². The van der Waals surface area contributed by atoms with Gasteiger partial charge in [0.1, 0.15) is 5.82 Å². The van der Waals surface area contributed by atoms with Gasteiger partial charge in [-0.05, 0) is 37.5 Å². The summed E-state index contributed by atoms with van der Waals surface area (Å²) in [6, 6.07) is 5.50. The highest BCUT2D eigenvalue weighted by Crippen LogP contribution is 2.29. The molecule has 8 heteroatoms. The van der Waals surface area contributed by atoms with Crippen LogP contribution in [0.15, 0.2) is 35.5 Å². The molecule has 1 aromatic carbocycles. The fraction of sp³-hybridized carbons (Fsp3) is 0.583. The van der Waals surface area contributed by atoms with Crippen LogP contribution in [0.1, 0.15) is 50.6 Å². The number of carbonyl (C=O) groups is 2. The predicted molar refractivity (Wildman–Crippen MR) is 119 cm³/mol. The predicted octanol–water partition coefficient (Wildman–Crippen LogP) is 2.95. The zero-order valence-electron chi connectivity index (χ0n) is 18.7. The number of rotatable bonds is 6. The van der Waals surface area contributed by atoms with Gasteiger partial charge in [0.05, 0.1) is 18.2 Å². The highest BCUT2D eigenvalue weighted by atomic mass is 19.1. The summed E-state index contributed by atoms with van der Waals surface area (Å²) in [4.78, 5) is 30.2. The molecule has 3 aliphatic rings. The Morgan fingerprint density at radius 1 is 1.16 bits per heavy atom. The standard InChI is InChI=1S/C24H33FN4O3/c1-2-32-23(30)21-20(26-24(31)27-22(21)17-7-6-8-18(25)15-17)16-28-11-13-29(14-12-28)19-9-4-3-5-10-19/h6-8,15,19,22H,2-5,9-14,16H2,1H3,(H2,26,27,31). The van der Waals surface area contributed by atoms with E-state index in [-0.39, 0.29) is 6.61 Å². The fourth-order valence-corrected chi connectivity index (χ4v) is 5.09. The number of piperazine rings is 1. The minimum absolute atomic E-state index is 0.222. The zero-order chi connectivity index (χ0) is 22.5. The van der Waals surface area contributed by atoms with Crippen LogP contribution >= 0.6 is 0 Å². The van der Waals surface area contributed by atoms with Gasteiger partial charge < -0.3 is 15.4 Å². The van der Waals surface area contributed by atoms with Gasteiger partial charge in [-0.2, -0.15) is 0 Å². The number of carbonyl (C=O) groups excluding carboxylic acids is 2. The maximum Gasteiger partial charge on any atom is 0.338 e. The van der Waals surface area contributed by atoms with Crippen LogP contribution < -0.4 is 10.6 Å². The van der Waals surface area contributed by atoms with Crippen molar-refractivity contribution in [2.24, 2.45) is 0 Å². The number of halogens is 1. The van der Waals surface area contributed by atoms with Gasteiger partial charge in [0.2, 0.25) is 0 Å². The molecular weight excluding hydrogens is 411 g/mol. The molecule has 2 N–H and O–H groups in total. The number of hydrogen-bond donors (Lipinski definition) is 2. The molecule has 174 valence electrons. The van der Waals surface area contributed by atoms with Crippen molar-refractivity contribution >= 4 is 12.0 Å². The third kappa shape index (κ3) is 5.30. The third-order valence-corrected chi connectivity index (χ3v) is 6.71. The highest BCUT2D eigenvalue weighted by molar-refractivity contribution is 5.95. The normalized spacial score (nSPS) is 23.6. The molecule has 1 aliphatic carbocycles. The first-order valence-electron chi connectivity index (χ1n) is 11.7. The maximum atomic E-state index is 13.9. The van der Waals surface area contributed by atoms with Crippen LogP contribution in [-0.4, -0.2) is 67.2 Å². The lowest BCUT2D eigenvalue weighted by Gasteiger charge is -2.41. The van der Waals surface area contributed by atoms with E-state index in [1.165, 1.54) is 44.2 Å². The van der Waals surface area contributed by atoms with Gasteiger partial charge in [0.25, 0.3) is 0 Å². The first-order valence-corrected chi connectivity index (χ1v) is 11.7. The quantitative estimate of drug-likeness (QED) is 0.660. The minimum atomic E-state index is -0.753. The molecule has 2 aliphatic heterocycles. The van der Waals surface area contributed by atoms with Crippen molar-refractivity contribution in [2.75, 3.05) is 39.3 Å². The molecule has 1 aromatic rings. The number of amides is 2. The Bertz CT molecular complexity index is 861. The SMILES string of the molecule is CCOC(=O)C1=C(CN2CCN(C3CCCCC3)CC2)NC(=O)NC1c1cccc(F)c1. The van der Waals surface area contributed by atoms with E-state index in [1.807, 2.05) is 0 Å². The number of hydrogen-bond acceptors (Lipinski definition) is 5. The van der Waals surface area contributed by atoms with Gasteiger partial charge in [0, 0.05) is 44.5 Å². The molecule has 2 fully saturated rings. The number of esters is 1. The van der Waals surface area contributed by atoms with Gasteiger partial charge in [0.15, 0.2) is 0 Å². The molecule has 2 amide bonds. The molecule has 1 saturated heterocycles. The van der Waals surface area contributed by atoms with Crippen molar-refractivity contribution in [3.05, 3.63) is 46.9 Å². The number of urea groups is 1. The molecule has 32 heavy (non-hydrogen) atoms. The second-order valence-electron chi connectivity index (χ2n) is 8.80. The lowest BCUT2D eigenvalue weighted by Crippen LogP contribution is -2.53. The van der Waals surface area contributed by atoms with Gasteiger partial charge >= 0.3 is 12.0 Å². The lowest BCUT2D eigenvalue weighted by atomic mass is 9.93. The van der Waals surface area contributed by atoms with Crippen LogP contribution in [0.25, 0.3) is 0 Å². The Balaban J connectivity index is 1.52. The first-order chi connectivity index (χ1) is 15.5. The van der Waals surface area contributed by atoms with E-state index in [2.05, 4.69) is 20.4 Å². The zero-order valence-corrected chi connectivity index (χ0v) is 18.7. The van der Waals surface area contributed by atoms with Crippen molar-refractivity contribution in [3.63, 3.8) is 0 Å². The van der Waals surface area contributed by atoms with Crippen LogP contribution in [0.5, 0.6) is 0 Å². The van der Waals surface area contributed by atoms with Crippen LogP contribution in [0.3, 0.4) is 0 Å². The summed E-state index contributed by atoms with van der Waals surface area (Å²) < 4.78 is 19.2. The molecule has 0 bridgehead atoms. The molecule has 0 spiro atoms. The molecule has 1 atom stereocenters. The summed E-state index contributed by atoms with van der Waals surface area (Å²) in [5, 5.41) is 5.59. The maximum absolute atomic E-state index is 13.9. The lowest BCUT2D eigenvalue weighted by molar-refractivity contribution is -0.139. The number of nitrogens with zero attached hydrogens (tertiary/aromatic N) is 2. The molecule has 0 radical (unpaired) electrons. The third-order valence-electron chi connectivity index (χ3n) is 6.71. The highest BCUT2D eigenvalue weighted by Gasteiger charge is 2.35. The average Bonchev–Trinajstić information content (AvgIpc) is 2.80. The summed E-state index contributed by atoms with van der Waals surface area (Å²) >= 11 is 0. The Labute approximate surface area is 189 Å². The molecule has 2 heterocycles. The van der Waals surface area contributed by atoms with Gasteiger partial charge in [-0.1, -0.05) is 31.4 Å². The number of benzene rings is 1. The second kappa shape index (κ2) is 10.4. The van der Waals surface area contributed by atoms with E-state index >= 15 is 0 Å². The summed E-state index contributed by atoms with van der Waals surface area (Å²) in [7, 11) is 0. The van der Waals surface area contributed by atoms with E-state index in [4.69, 9.17) is 4.74 Å². The van der Waals surface area contributed by atoms with Crippen molar-refractivity contribution in [1.29, 1.82) is 0 Å². The number of nitrogens with one attached hydrogen (secondary N) is 2. The van der Waals surface area contributed by atoms with Crippen LogP contribution in [0, 0.1) is 5.82 Å². The molecule has 4 rings (SSSR count). The van der Waals surface area contributed by atoms with Crippen LogP contribution in [-0.2, 0) is 9.53 Å². The molecular formula is C24H33FN4O3. The van der Waals surface area contributed by atoms with Crippen molar-refractivity contribution < 1.29 is 18.7 Å². The Hall–Kier alpha value is -2.45. The summed E-state index contributed by atoms with van der Waals surface area (Å²) in [6.45, 7) is 6.16. The van der Waals surface area contributed by atoms with Gasteiger partial charge in [-0.25, -0.2) is 14.0 Å². The van der Waals surface area contributed by atoms with E-state index in [0.29, 0.717) is 29.4 Å². The fourth-order valence-electron chi connectivity index (χ4n) is 5.09. The smallest absolute Gasteiger partial charge is 0.338 e. The molecule has 1 unspecified atom stereocenters. The van der Waals surface area contributed by atoms with Crippen molar-refractivity contribution in [1.82, 2.24) is 20.4 Å². The van der Waals surface area contributed by atoms with Crippen molar-refractivity contribution in [3.8, 4) is 0 Å². The van der Waals surface area contributed by atoms with E-state index in [1.54, 1.807) is 19.1 Å². The van der Waals surface area contributed by atoms with Gasteiger partial charge in [-0.15, -0.1) is 0 Å². The summed E-state index contributed by atoms with van der Waals surface area (Å²) in [5.41, 5.74) is 1.39. The van der Waals surface area contributed by atoms with Crippen LogP contribution in [0.2, 0.25) is 0 Å². The largest absolute Gasteiger partial charge is 0.463 e. The number of ether oxygens (including phenoxy) is 1. The topological polar surface area (TPSA) is 73.9 Å². The molecule has 0 aromatic heterocycles. The molecule has 7 nitrogen and oxygen atoms in total. The van der Waals surface area contributed by atoms with E-state index in [9.17, 15) is 14.0 Å². The second-order valence-corrected chi connectivity index (χ2v) is 8.80. The van der Waals surface area contributed by atoms with Crippen molar-refractivity contribution in [2.45, 2.75) is 51.1 Å². The van der Waals surface area contributed by atoms with E-state index < -0.39 is 23.9 Å². The Morgan fingerprint density at radius 2 is 1.91 bits per heavy atom. The monoisotopic (exact) mass is 444 g/mol. The minimum Gasteiger partial charge on any atom is -0.463 e. The first kappa shape index (κ1) is 22.7. The average molecular weight is 445 g/mol. The summed E-state index contributed by atoms with van der Waals surface area (Å²) in [5.74, 6) is -0.913. The van der Waals surface area contributed by atoms with Gasteiger partial charge in [-0.3, -0.25) is 9.80 Å².